The number of aryl methyl sites for hydroxylation is 1. The van der Waals surface area contributed by atoms with Crippen LogP contribution in [-0.4, -0.2) is 16.6 Å². The number of nitrogens with zero attached hydrogens (tertiary/aromatic N) is 1. The molecule has 1 aromatic heterocycles. The number of fused-ring (bicyclic) bond motifs is 1. The zero-order valence-corrected chi connectivity index (χ0v) is 12.4. The van der Waals surface area contributed by atoms with E-state index in [1.54, 1.807) is 23.9 Å². The molecule has 0 radical (unpaired) electrons. The fraction of sp³-hybridized carbons (Fsp3) is 0.250. The van der Waals surface area contributed by atoms with Gasteiger partial charge in [0, 0.05) is 16.3 Å². The maximum Gasteiger partial charge on any atom is 0.270 e. The summed E-state index contributed by atoms with van der Waals surface area (Å²) in [4.78, 5) is 17.5. The van der Waals surface area contributed by atoms with Gasteiger partial charge < -0.3 is 5.32 Å². The summed E-state index contributed by atoms with van der Waals surface area (Å²) < 4.78 is 13.4. The largest absolute Gasteiger partial charge is 0.344 e. The van der Waals surface area contributed by atoms with E-state index in [1.807, 2.05) is 19.1 Å². The zero-order valence-electron chi connectivity index (χ0n) is 11.6. The predicted octanol–water partition coefficient (Wildman–Crippen LogP) is 3.50. The summed E-state index contributed by atoms with van der Waals surface area (Å²) in [7, 11) is 0. The minimum absolute atomic E-state index is 0.160. The molecule has 1 aromatic carbocycles. The minimum atomic E-state index is -0.274. The Morgan fingerprint density at radius 3 is 3.05 bits per heavy atom. The van der Waals surface area contributed by atoms with Crippen molar-refractivity contribution in [2.45, 2.75) is 24.3 Å². The van der Waals surface area contributed by atoms with Crippen molar-refractivity contribution < 1.29 is 9.18 Å². The molecule has 0 spiro atoms. The Balaban J connectivity index is 1.83. The maximum absolute atomic E-state index is 13.4. The number of nitrogens with one attached hydrogen (secondary N) is 1. The van der Waals surface area contributed by atoms with Gasteiger partial charge in [0.2, 0.25) is 0 Å². The molecule has 0 bridgehead atoms. The van der Waals surface area contributed by atoms with Gasteiger partial charge in [0.1, 0.15) is 11.5 Å². The SMILES string of the molecule is Cc1cccc(C(=O)NC2CCSc3ccc(F)cc32)n1. The molecule has 3 nitrogen and oxygen atoms in total. The Morgan fingerprint density at radius 2 is 2.24 bits per heavy atom. The molecule has 1 N–H and O–H groups in total. The third-order valence-electron chi connectivity index (χ3n) is 3.44. The second-order valence-electron chi connectivity index (χ2n) is 5.01. The van der Waals surface area contributed by atoms with Crippen LogP contribution in [0.5, 0.6) is 0 Å². The highest BCUT2D eigenvalue weighted by molar-refractivity contribution is 7.99. The molecule has 1 atom stereocenters. The molecule has 0 saturated carbocycles. The lowest BCUT2D eigenvalue weighted by Gasteiger charge is -2.25. The van der Waals surface area contributed by atoms with Gasteiger partial charge in [-0.3, -0.25) is 4.79 Å². The summed E-state index contributed by atoms with van der Waals surface area (Å²) >= 11 is 1.69. The van der Waals surface area contributed by atoms with Crippen LogP contribution in [0, 0.1) is 12.7 Å². The number of benzene rings is 1. The molecule has 108 valence electrons. The molecule has 5 heteroatoms. The second-order valence-corrected chi connectivity index (χ2v) is 6.15. The minimum Gasteiger partial charge on any atom is -0.344 e. The molecule has 0 saturated heterocycles. The number of rotatable bonds is 2. The standard InChI is InChI=1S/C16H15FN2OS/c1-10-3-2-4-14(18-10)16(20)19-13-7-8-21-15-6-5-11(17)9-12(13)15/h2-6,9,13H,7-8H2,1H3,(H,19,20). The summed E-state index contributed by atoms with van der Waals surface area (Å²) in [6.07, 6.45) is 0.790. The van der Waals surface area contributed by atoms with Crippen LogP contribution in [0.2, 0.25) is 0 Å². The van der Waals surface area contributed by atoms with Crippen LogP contribution in [-0.2, 0) is 0 Å². The quantitative estimate of drug-likeness (QED) is 0.923. The first-order chi connectivity index (χ1) is 10.1. The van der Waals surface area contributed by atoms with Crippen LogP contribution in [0.25, 0.3) is 0 Å². The van der Waals surface area contributed by atoms with Crippen molar-refractivity contribution >= 4 is 17.7 Å². The second kappa shape index (κ2) is 5.85. The molecule has 1 amide bonds. The van der Waals surface area contributed by atoms with Gasteiger partial charge in [-0.1, -0.05) is 6.07 Å². The third-order valence-corrected chi connectivity index (χ3v) is 4.56. The molecule has 0 fully saturated rings. The molecular formula is C16H15FN2OS. The normalized spacial score (nSPS) is 17.1. The first-order valence-electron chi connectivity index (χ1n) is 6.80. The number of halogens is 1. The van der Waals surface area contributed by atoms with Gasteiger partial charge in [0.05, 0.1) is 6.04 Å². The Kier molecular flexibility index (Phi) is 3.92. The maximum atomic E-state index is 13.4. The lowest BCUT2D eigenvalue weighted by Crippen LogP contribution is -2.31. The van der Waals surface area contributed by atoms with Crippen LogP contribution >= 0.6 is 11.8 Å². The van der Waals surface area contributed by atoms with Crippen molar-refractivity contribution in [1.82, 2.24) is 10.3 Å². The molecule has 2 aromatic rings. The number of hydrogen-bond donors (Lipinski definition) is 1. The van der Waals surface area contributed by atoms with Crippen LogP contribution in [0.1, 0.15) is 34.2 Å². The number of thioether (sulfide) groups is 1. The number of aromatic nitrogens is 1. The first kappa shape index (κ1) is 14.1. The van der Waals surface area contributed by atoms with Gasteiger partial charge in [-0.2, -0.15) is 0 Å². The first-order valence-corrected chi connectivity index (χ1v) is 7.79. The average molecular weight is 302 g/mol. The van der Waals surface area contributed by atoms with Crippen LogP contribution < -0.4 is 5.32 Å². The van der Waals surface area contributed by atoms with E-state index in [0.29, 0.717) is 5.69 Å². The fourth-order valence-corrected chi connectivity index (χ4v) is 3.52. The van der Waals surface area contributed by atoms with Crippen molar-refractivity contribution in [1.29, 1.82) is 0 Å². The molecule has 1 aliphatic heterocycles. The fourth-order valence-electron chi connectivity index (χ4n) is 2.42. The van der Waals surface area contributed by atoms with Crippen molar-refractivity contribution in [3.8, 4) is 0 Å². The molecule has 1 aliphatic rings. The van der Waals surface area contributed by atoms with Gasteiger partial charge in [0.25, 0.3) is 5.91 Å². The van der Waals surface area contributed by atoms with Gasteiger partial charge in [-0.15, -0.1) is 11.8 Å². The Labute approximate surface area is 127 Å². The number of amides is 1. The van der Waals surface area contributed by atoms with Crippen LogP contribution in [0.15, 0.2) is 41.3 Å². The van der Waals surface area contributed by atoms with E-state index in [-0.39, 0.29) is 17.8 Å². The predicted molar refractivity (Wildman–Crippen MR) is 80.9 cm³/mol. The highest BCUT2D eigenvalue weighted by atomic mass is 32.2. The molecule has 0 aliphatic carbocycles. The summed E-state index contributed by atoms with van der Waals surface area (Å²) in [5.74, 6) is 0.417. The summed E-state index contributed by atoms with van der Waals surface area (Å²) in [6, 6.07) is 9.92. The van der Waals surface area contributed by atoms with E-state index in [9.17, 15) is 9.18 Å². The van der Waals surface area contributed by atoms with Crippen molar-refractivity contribution in [3.63, 3.8) is 0 Å². The van der Waals surface area contributed by atoms with Crippen molar-refractivity contribution in [3.05, 3.63) is 59.2 Å². The Morgan fingerprint density at radius 1 is 1.38 bits per heavy atom. The monoisotopic (exact) mass is 302 g/mol. The topological polar surface area (TPSA) is 42.0 Å². The van der Waals surface area contributed by atoms with Gasteiger partial charge in [-0.05, 0) is 49.2 Å². The van der Waals surface area contributed by atoms with Gasteiger partial charge in [-0.25, -0.2) is 9.37 Å². The van der Waals surface area contributed by atoms with E-state index < -0.39 is 0 Å². The Hall–Kier alpha value is -1.88. The number of carbonyl (C=O) groups excluding carboxylic acids is 1. The van der Waals surface area contributed by atoms with Crippen LogP contribution in [0.3, 0.4) is 0 Å². The molecule has 3 rings (SSSR count). The van der Waals surface area contributed by atoms with E-state index >= 15 is 0 Å². The van der Waals surface area contributed by atoms with Gasteiger partial charge >= 0.3 is 0 Å². The summed E-state index contributed by atoms with van der Waals surface area (Å²) in [6.45, 7) is 1.85. The Bertz CT molecular complexity index is 690. The molecule has 1 unspecified atom stereocenters. The number of hydrogen-bond acceptors (Lipinski definition) is 3. The van der Waals surface area contributed by atoms with Gasteiger partial charge in [0.15, 0.2) is 0 Å². The van der Waals surface area contributed by atoms with E-state index in [1.165, 1.54) is 12.1 Å². The lowest BCUT2D eigenvalue weighted by molar-refractivity contribution is 0.0929. The van der Waals surface area contributed by atoms with E-state index in [4.69, 9.17) is 0 Å². The zero-order chi connectivity index (χ0) is 14.8. The third kappa shape index (κ3) is 3.08. The highest BCUT2D eigenvalue weighted by Gasteiger charge is 2.23. The molecular weight excluding hydrogens is 287 g/mol. The average Bonchev–Trinajstić information content (AvgIpc) is 2.48. The van der Waals surface area contributed by atoms with E-state index in [2.05, 4.69) is 10.3 Å². The highest BCUT2D eigenvalue weighted by Crippen LogP contribution is 2.36. The van der Waals surface area contributed by atoms with Crippen LogP contribution in [0.4, 0.5) is 4.39 Å². The van der Waals surface area contributed by atoms with Crippen molar-refractivity contribution in [2.75, 3.05) is 5.75 Å². The molecule has 2 heterocycles. The smallest absolute Gasteiger partial charge is 0.270 e. The van der Waals surface area contributed by atoms with E-state index in [0.717, 1.165) is 28.3 Å². The lowest BCUT2D eigenvalue weighted by atomic mass is 10.0. The number of pyridine rings is 1. The summed E-state index contributed by atoms with van der Waals surface area (Å²) in [5.41, 5.74) is 2.05. The molecule has 21 heavy (non-hydrogen) atoms. The van der Waals surface area contributed by atoms with Crippen molar-refractivity contribution in [2.24, 2.45) is 0 Å². The summed E-state index contributed by atoms with van der Waals surface area (Å²) in [5, 5.41) is 2.96. The number of carbonyl (C=O) groups is 1.